The Morgan fingerprint density at radius 1 is 0.682 bits per heavy atom. The average molecular weight is 526 g/mol. The summed E-state index contributed by atoms with van der Waals surface area (Å²) in [5, 5.41) is 0. The summed E-state index contributed by atoms with van der Waals surface area (Å²) in [5.41, 5.74) is 0.136. The fourth-order valence-corrected chi connectivity index (χ4v) is 5.73. The molecule has 11 heteroatoms. The van der Waals surface area contributed by atoms with Gasteiger partial charge in [-0.3, -0.25) is 0 Å². The van der Waals surface area contributed by atoms with Crippen molar-refractivity contribution in [2.75, 3.05) is 0 Å². The summed E-state index contributed by atoms with van der Waals surface area (Å²) >= 11 is 66.5. The van der Waals surface area contributed by atoms with Crippen molar-refractivity contribution in [1.29, 1.82) is 0 Å². The molecule has 0 aromatic heterocycles. The van der Waals surface area contributed by atoms with Gasteiger partial charge in [0.15, 0.2) is 13.5 Å². The van der Waals surface area contributed by atoms with Crippen LogP contribution in [0, 0.1) is 6.07 Å². The molecule has 0 saturated carbocycles. The molecule has 0 saturated heterocycles. The number of halogens is 11. The van der Waals surface area contributed by atoms with Gasteiger partial charge in [-0.25, -0.2) is 0 Å². The van der Waals surface area contributed by atoms with Gasteiger partial charge in [0.05, 0.1) is 0 Å². The van der Waals surface area contributed by atoms with Crippen LogP contribution in [0.5, 0.6) is 0 Å². The first-order valence-corrected chi connectivity index (χ1v) is 9.31. The molecule has 1 aromatic rings. The molecule has 22 heavy (non-hydrogen) atoms. The summed E-state index contributed by atoms with van der Waals surface area (Å²) in [5.74, 6) is 0. The standard InChI is InChI=1S/C11H4Cl11/c12-7(13,6-4-2-1-3-5-6)9(15,16)8(14,10(17,18)19)11(20,21)22/h1-4H. The second kappa shape index (κ2) is 7.20. The van der Waals surface area contributed by atoms with E-state index in [9.17, 15) is 0 Å². The van der Waals surface area contributed by atoms with Gasteiger partial charge in [0.25, 0.3) is 0 Å². The predicted octanol–water partition coefficient (Wildman–Crippen LogP) is 8.01. The molecule has 0 atom stereocenters. The second-order valence-electron chi connectivity index (χ2n) is 4.08. The smallest absolute Gasteiger partial charge is 0.106 e. The Morgan fingerprint density at radius 2 is 1.14 bits per heavy atom. The zero-order valence-corrected chi connectivity index (χ0v) is 18.3. The van der Waals surface area contributed by atoms with Crippen LogP contribution in [0.1, 0.15) is 5.56 Å². The lowest BCUT2D eigenvalue weighted by Gasteiger charge is -2.50. The number of benzene rings is 1. The molecule has 0 aliphatic carbocycles. The first kappa shape index (κ1) is 22.5. The van der Waals surface area contributed by atoms with Crippen LogP contribution in [-0.2, 0) is 4.33 Å². The Bertz CT molecular complexity index is 497. The second-order valence-corrected chi connectivity index (χ2v) is 11.9. The molecular formula is C11H4Cl11. The lowest BCUT2D eigenvalue weighted by Crippen LogP contribution is -2.65. The van der Waals surface area contributed by atoms with Crippen molar-refractivity contribution in [3.63, 3.8) is 0 Å². The van der Waals surface area contributed by atoms with Crippen molar-refractivity contribution in [2.45, 2.75) is 21.1 Å². The SMILES string of the molecule is ClC(Cl)(Cl)C(Cl)(C(Cl)(Cl)Cl)C(Cl)(Cl)C(Cl)(Cl)c1[c]cccc1. The van der Waals surface area contributed by atoms with E-state index in [1.54, 1.807) is 12.1 Å². The summed E-state index contributed by atoms with van der Waals surface area (Å²) in [7, 11) is 0. The third-order valence-electron chi connectivity index (χ3n) is 2.66. The first-order valence-electron chi connectivity index (χ1n) is 5.16. The van der Waals surface area contributed by atoms with Crippen molar-refractivity contribution in [3.05, 3.63) is 35.9 Å². The van der Waals surface area contributed by atoms with Gasteiger partial charge < -0.3 is 0 Å². The number of rotatable bonds is 3. The van der Waals surface area contributed by atoms with E-state index in [0.717, 1.165) is 0 Å². The summed E-state index contributed by atoms with van der Waals surface area (Å²) < 4.78 is -9.49. The molecule has 1 aromatic carbocycles. The van der Waals surface area contributed by atoms with E-state index in [2.05, 4.69) is 6.07 Å². The molecule has 0 nitrogen and oxygen atoms in total. The summed E-state index contributed by atoms with van der Waals surface area (Å²) in [4.78, 5) is -2.53. The molecule has 125 valence electrons. The number of hydrogen-bond donors (Lipinski definition) is 0. The van der Waals surface area contributed by atoms with Crippen molar-refractivity contribution >= 4 is 128 Å². The lowest BCUT2D eigenvalue weighted by molar-refractivity contribution is 0.479. The highest BCUT2D eigenvalue weighted by Gasteiger charge is 2.76. The van der Waals surface area contributed by atoms with E-state index in [1.807, 2.05) is 0 Å². The van der Waals surface area contributed by atoms with Crippen molar-refractivity contribution < 1.29 is 0 Å². The highest BCUT2D eigenvalue weighted by molar-refractivity contribution is 6.81. The van der Waals surface area contributed by atoms with Gasteiger partial charge in [0.1, 0.15) is 0 Å². The quantitative estimate of drug-likeness (QED) is 0.350. The van der Waals surface area contributed by atoms with Gasteiger partial charge in [0.2, 0.25) is 7.59 Å². The molecule has 1 rings (SSSR count). The highest BCUT2D eigenvalue weighted by Crippen LogP contribution is 2.69. The molecular weight excluding hydrogens is 522 g/mol. The summed E-state index contributed by atoms with van der Waals surface area (Å²) in [6.45, 7) is 0. The number of hydrogen-bond acceptors (Lipinski definition) is 0. The molecule has 0 aliphatic rings. The maximum Gasteiger partial charge on any atom is 0.216 e. The molecule has 0 aliphatic heterocycles. The van der Waals surface area contributed by atoms with Crippen molar-refractivity contribution in [2.24, 2.45) is 0 Å². The van der Waals surface area contributed by atoms with Crippen LogP contribution in [0.25, 0.3) is 0 Å². The van der Waals surface area contributed by atoms with Gasteiger partial charge >= 0.3 is 0 Å². The Hall–Kier alpha value is 2.41. The van der Waals surface area contributed by atoms with E-state index >= 15 is 0 Å². The Labute approximate surface area is 183 Å². The average Bonchev–Trinajstić information content (AvgIpc) is 2.35. The van der Waals surface area contributed by atoms with E-state index in [1.165, 1.54) is 12.1 Å². The Balaban J connectivity index is 3.60. The maximum absolute atomic E-state index is 6.28. The molecule has 0 N–H and O–H groups in total. The van der Waals surface area contributed by atoms with Crippen LogP contribution in [0.3, 0.4) is 0 Å². The number of alkyl halides is 11. The van der Waals surface area contributed by atoms with Crippen molar-refractivity contribution in [1.82, 2.24) is 0 Å². The van der Waals surface area contributed by atoms with E-state index in [-0.39, 0.29) is 5.56 Å². The minimum Gasteiger partial charge on any atom is -0.106 e. The first-order chi connectivity index (χ1) is 9.61. The fraction of sp³-hybridized carbons (Fsp3) is 0.455. The zero-order chi connectivity index (χ0) is 17.6. The summed E-state index contributed by atoms with van der Waals surface area (Å²) in [6, 6.07) is 9.00. The maximum atomic E-state index is 6.28. The van der Waals surface area contributed by atoms with Crippen molar-refractivity contribution in [3.8, 4) is 0 Å². The van der Waals surface area contributed by atoms with Gasteiger partial charge in [-0.15, -0.1) is 11.6 Å². The van der Waals surface area contributed by atoms with Gasteiger partial charge in [-0.1, -0.05) is 140 Å². The monoisotopic (exact) mass is 521 g/mol. The third-order valence-corrected chi connectivity index (χ3v) is 8.48. The molecule has 0 heterocycles. The third kappa shape index (κ3) is 3.74. The molecule has 0 amide bonds. The van der Waals surface area contributed by atoms with Gasteiger partial charge in [-0.05, 0) is 11.6 Å². The molecule has 0 unspecified atom stereocenters. The lowest BCUT2D eigenvalue weighted by atomic mass is 9.98. The summed E-state index contributed by atoms with van der Waals surface area (Å²) in [6.07, 6.45) is 0. The van der Waals surface area contributed by atoms with E-state index in [0.29, 0.717) is 0 Å². The molecule has 0 fully saturated rings. The Morgan fingerprint density at radius 3 is 1.45 bits per heavy atom. The Kier molecular flexibility index (Phi) is 7.35. The van der Waals surface area contributed by atoms with Crippen LogP contribution in [-0.4, -0.2) is 16.8 Å². The highest BCUT2D eigenvalue weighted by atomic mass is 35.6. The fourth-order valence-electron chi connectivity index (χ4n) is 1.49. The van der Waals surface area contributed by atoms with Crippen LogP contribution in [0.2, 0.25) is 0 Å². The zero-order valence-electron chi connectivity index (χ0n) is 9.97. The van der Waals surface area contributed by atoms with Crippen LogP contribution < -0.4 is 0 Å². The van der Waals surface area contributed by atoms with Crippen LogP contribution in [0.4, 0.5) is 0 Å². The van der Waals surface area contributed by atoms with Gasteiger partial charge in [0, 0.05) is 0 Å². The molecule has 0 spiro atoms. The van der Waals surface area contributed by atoms with Crippen LogP contribution in [0.15, 0.2) is 24.3 Å². The minimum atomic E-state index is -2.53. The topological polar surface area (TPSA) is 0 Å². The predicted molar refractivity (Wildman–Crippen MR) is 102 cm³/mol. The normalized spacial score (nSPS) is 15.0. The molecule has 0 bridgehead atoms. The van der Waals surface area contributed by atoms with Gasteiger partial charge in [-0.2, -0.15) is 0 Å². The van der Waals surface area contributed by atoms with E-state index < -0.39 is 21.1 Å². The molecule has 1 radical (unpaired) electrons. The van der Waals surface area contributed by atoms with E-state index in [4.69, 9.17) is 128 Å². The van der Waals surface area contributed by atoms with Crippen LogP contribution >= 0.6 is 128 Å². The largest absolute Gasteiger partial charge is 0.216 e. The minimum absolute atomic E-state index is 0.136.